The van der Waals surface area contributed by atoms with Gasteiger partial charge in [-0.1, -0.05) is 0 Å². The largest absolute Gasteiger partial charge is 0.338 e. The van der Waals surface area contributed by atoms with Crippen molar-refractivity contribution in [1.29, 1.82) is 0 Å². The molecule has 0 saturated carbocycles. The highest BCUT2D eigenvalue weighted by atomic mass is 32.1. The van der Waals surface area contributed by atoms with E-state index in [1.165, 1.54) is 5.56 Å². The molecule has 1 aliphatic rings. The van der Waals surface area contributed by atoms with Crippen molar-refractivity contribution in [3.63, 3.8) is 0 Å². The zero-order chi connectivity index (χ0) is 14.7. The first-order valence-corrected chi connectivity index (χ1v) is 8.22. The molecule has 1 saturated heterocycles. The van der Waals surface area contributed by atoms with Crippen LogP contribution >= 0.6 is 11.3 Å². The number of aromatic nitrogens is 2. The fourth-order valence-corrected chi connectivity index (χ4v) is 3.54. The number of hydrogen-bond acceptors (Lipinski definition) is 3. The SMILES string of the molecule is Cn1cc(CCNC(=O)N2CCC[C@H]2c2ccsc2)cn1. The molecule has 6 heteroatoms. The standard InChI is InChI=1S/C15H20N4OS/c1-18-10-12(9-17-18)4-6-16-15(20)19-7-2-3-14(19)13-5-8-21-11-13/h5,8-11,14H,2-4,6-7H2,1H3,(H,16,20)/t14-/m0/s1. The van der Waals surface area contributed by atoms with Crippen LogP contribution in [0.2, 0.25) is 0 Å². The number of hydrogen-bond donors (Lipinski definition) is 1. The van der Waals surface area contributed by atoms with Crippen LogP contribution in [0.5, 0.6) is 0 Å². The molecule has 3 rings (SSSR count). The van der Waals surface area contributed by atoms with E-state index in [4.69, 9.17) is 0 Å². The summed E-state index contributed by atoms with van der Waals surface area (Å²) in [5, 5.41) is 11.4. The van der Waals surface area contributed by atoms with Gasteiger partial charge in [0.2, 0.25) is 0 Å². The first-order valence-electron chi connectivity index (χ1n) is 7.28. The molecule has 1 aliphatic heterocycles. The second kappa shape index (κ2) is 6.30. The summed E-state index contributed by atoms with van der Waals surface area (Å²) in [5.41, 5.74) is 2.41. The Morgan fingerprint density at radius 2 is 2.48 bits per heavy atom. The first-order chi connectivity index (χ1) is 10.2. The fourth-order valence-electron chi connectivity index (χ4n) is 2.84. The summed E-state index contributed by atoms with van der Waals surface area (Å²) < 4.78 is 1.78. The van der Waals surface area contributed by atoms with Gasteiger partial charge in [-0.25, -0.2) is 4.79 Å². The van der Waals surface area contributed by atoms with Crippen LogP contribution in [0, 0.1) is 0 Å². The molecular formula is C15H20N4OS. The quantitative estimate of drug-likeness (QED) is 0.944. The van der Waals surface area contributed by atoms with Crippen molar-refractivity contribution in [1.82, 2.24) is 20.0 Å². The molecule has 5 nitrogen and oxygen atoms in total. The summed E-state index contributed by atoms with van der Waals surface area (Å²) >= 11 is 1.69. The summed E-state index contributed by atoms with van der Waals surface area (Å²) in [6.45, 7) is 1.50. The zero-order valence-electron chi connectivity index (χ0n) is 12.2. The Morgan fingerprint density at radius 3 is 3.19 bits per heavy atom. The number of carbonyl (C=O) groups is 1. The van der Waals surface area contributed by atoms with Gasteiger partial charge in [0, 0.05) is 26.3 Å². The molecule has 0 radical (unpaired) electrons. The van der Waals surface area contributed by atoms with Crippen molar-refractivity contribution in [2.24, 2.45) is 7.05 Å². The number of urea groups is 1. The van der Waals surface area contributed by atoms with E-state index in [1.54, 1.807) is 16.0 Å². The van der Waals surface area contributed by atoms with Crippen molar-refractivity contribution >= 4 is 17.4 Å². The molecule has 21 heavy (non-hydrogen) atoms. The minimum Gasteiger partial charge on any atom is -0.338 e. The molecule has 1 fully saturated rings. The number of thiophene rings is 1. The van der Waals surface area contributed by atoms with E-state index < -0.39 is 0 Å². The monoisotopic (exact) mass is 304 g/mol. The molecule has 2 aromatic heterocycles. The van der Waals surface area contributed by atoms with Crippen LogP contribution < -0.4 is 5.32 Å². The van der Waals surface area contributed by atoms with Crippen LogP contribution in [0.3, 0.4) is 0 Å². The highest BCUT2D eigenvalue weighted by molar-refractivity contribution is 7.07. The second-order valence-electron chi connectivity index (χ2n) is 5.41. The molecular weight excluding hydrogens is 284 g/mol. The van der Waals surface area contributed by atoms with Crippen LogP contribution in [0.4, 0.5) is 4.79 Å². The molecule has 0 aromatic carbocycles. The van der Waals surface area contributed by atoms with Gasteiger partial charge in [0.15, 0.2) is 0 Å². The third-order valence-electron chi connectivity index (χ3n) is 3.89. The molecule has 0 unspecified atom stereocenters. The summed E-state index contributed by atoms with van der Waals surface area (Å²) in [4.78, 5) is 14.3. The Morgan fingerprint density at radius 1 is 1.57 bits per heavy atom. The van der Waals surface area contributed by atoms with Crippen molar-refractivity contribution < 1.29 is 4.79 Å². The first kappa shape index (κ1) is 14.1. The number of nitrogens with one attached hydrogen (secondary N) is 1. The minimum absolute atomic E-state index is 0.0487. The molecule has 2 aromatic rings. The zero-order valence-corrected chi connectivity index (χ0v) is 13.0. The van der Waals surface area contributed by atoms with Gasteiger partial charge in [0.1, 0.15) is 0 Å². The number of amides is 2. The lowest BCUT2D eigenvalue weighted by molar-refractivity contribution is 0.193. The van der Waals surface area contributed by atoms with Gasteiger partial charge in [-0.3, -0.25) is 4.68 Å². The summed E-state index contributed by atoms with van der Waals surface area (Å²) in [6.07, 6.45) is 6.78. The maximum atomic E-state index is 12.3. The van der Waals surface area contributed by atoms with Crippen molar-refractivity contribution in [3.8, 4) is 0 Å². The Balaban J connectivity index is 1.52. The second-order valence-corrected chi connectivity index (χ2v) is 6.19. The van der Waals surface area contributed by atoms with Gasteiger partial charge < -0.3 is 10.2 Å². The van der Waals surface area contributed by atoms with E-state index in [0.29, 0.717) is 6.54 Å². The van der Waals surface area contributed by atoms with E-state index in [0.717, 1.165) is 31.4 Å². The predicted octanol–water partition coefficient (Wildman–Crippen LogP) is 2.57. The van der Waals surface area contributed by atoms with Crippen LogP contribution in [0.25, 0.3) is 0 Å². The number of carbonyl (C=O) groups excluding carboxylic acids is 1. The van der Waals surface area contributed by atoms with E-state index in [9.17, 15) is 4.79 Å². The van der Waals surface area contributed by atoms with Gasteiger partial charge in [-0.15, -0.1) is 0 Å². The Bertz CT molecular complexity index is 593. The highest BCUT2D eigenvalue weighted by Crippen LogP contribution is 2.32. The van der Waals surface area contributed by atoms with Crippen LogP contribution in [0.15, 0.2) is 29.2 Å². The lowest BCUT2D eigenvalue weighted by Crippen LogP contribution is -2.40. The van der Waals surface area contributed by atoms with Crippen molar-refractivity contribution in [2.45, 2.75) is 25.3 Å². The van der Waals surface area contributed by atoms with Crippen molar-refractivity contribution in [2.75, 3.05) is 13.1 Å². The van der Waals surface area contributed by atoms with Crippen LogP contribution in [0.1, 0.15) is 30.0 Å². The molecule has 2 amide bonds. The van der Waals surface area contributed by atoms with Gasteiger partial charge in [-0.05, 0) is 47.2 Å². The highest BCUT2D eigenvalue weighted by Gasteiger charge is 2.29. The molecule has 3 heterocycles. The predicted molar refractivity (Wildman–Crippen MR) is 83.3 cm³/mol. The van der Waals surface area contributed by atoms with Gasteiger partial charge in [-0.2, -0.15) is 16.4 Å². The number of aryl methyl sites for hydroxylation is 1. The molecule has 1 N–H and O–H groups in total. The average molecular weight is 304 g/mol. The molecule has 112 valence electrons. The Hall–Kier alpha value is -1.82. The maximum absolute atomic E-state index is 12.3. The Labute approximate surface area is 128 Å². The lowest BCUT2D eigenvalue weighted by Gasteiger charge is -2.24. The summed E-state index contributed by atoms with van der Waals surface area (Å²) in [7, 11) is 1.90. The molecule has 0 aliphatic carbocycles. The van der Waals surface area contributed by atoms with Crippen molar-refractivity contribution in [3.05, 3.63) is 40.3 Å². The summed E-state index contributed by atoms with van der Waals surface area (Å²) in [6, 6.07) is 2.42. The molecule has 0 spiro atoms. The van der Waals surface area contributed by atoms with E-state index in [1.807, 2.05) is 24.3 Å². The average Bonchev–Trinajstić information content (AvgIpc) is 3.19. The molecule has 0 bridgehead atoms. The van der Waals surface area contributed by atoms with Crippen LogP contribution in [-0.4, -0.2) is 33.8 Å². The van der Waals surface area contributed by atoms with E-state index in [2.05, 4.69) is 27.2 Å². The minimum atomic E-state index is 0.0487. The Kier molecular flexibility index (Phi) is 4.24. The third-order valence-corrected chi connectivity index (χ3v) is 4.59. The number of nitrogens with zero attached hydrogens (tertiary/aromatic N) is 3. The fraction of sp³-hybridized carbons (Fsp3) is 0.467. The van der Waals surface area contributed by atoms with E-state index >= 15 is 0 Å². The van der Waals surface area contributed by atoms with Gasteiger partial charge >= 0.3 is 6.03 Å². The van der Waals surface area contributed by atoms with Gasteiger partial charge in [0.05, 0.1) is 12.2 Å². The van der Waals surface area contributed by atoms with Crippen LogP contribution in [-0.2, 0) is 13.5 Å². The maximum Gasteiger partial charge on any atom is 0.317 e. The smallest absolute Gasteiger partial charge is 0.317 e. The lowest BCUT2D eigenvalue weighted by atomic mass is 10.1. The number of rotatable bonds is 4. The van der Waals surface area contributed by atoms with E-state index in [-0.39, 0.29) is 12.1 Å². The summed E-state index contributed by atoms with van der Waals surface area (Å²) in [5.74, 6) is 0. The molecule has 1 atom stereocenters. The number of likely N-dealkylation sites (tertiary alicyclic amines) is 1. The topological polar surface area (TPSA) is 50.2 Å². The third kappa shape index (κ3) is 3.26. The normalized spacial score (nSPS) is 18.1. The van der Waals surface area contributed by atoms with Gasteiger partial charge in [0.25, 0.3) is 0 Å².